The molecule has 4 aromatic rings. The minimum Gasteiger partial charge on any atom is -0.326 e. The van der Waals surface area contributed by atoms with Gasteiger partial charge in [-0.15, -0.1) is 0 Å². The van der Waals surface area contributed by atoms with E-state index in [1.54, 1.807) is 48.5 Å². The number of hydrogen-bond acceptors (Lipinski definition) is 6. The monoisotopic (exact) mass is 604 g/mol. The third-order valence-corrected chi connectivity index (χ3v) is 10.2. The summed E-state index contributed by atoms with van der Waals surface area (Å²) in [6.45, 7) is 3.70. The van der Waals surface area contributed by atoms with Crippen molar-refractivity contribution in [2.24, 2.45) is 0 Å². The molecular formula is C32H32N2O6S2. The van der Waals surface area contributed by atoms with Gasteiger partial charge in [-0.25, -0.2) is 16.8 Å². The summed E-state index contributed by atoms with van der Waals surface area (Å²) in [5, 5.41) is 5.59. The van der Waals surface area contributed by atoms with Crippen LogP contribution in [0.1, 0.15) is 24.0 Å². The minimum atomic E-state index is -3.55. The fourth-order valence-corrected chi connectivity index (χ4v) is 6.86. The van der Waals surface area contributed by atoms with Gasteiger partial charge in [0.15, 0.2) is 19.7 Å². The molecule has 0 unspecified atom stereocenters. The zero-order valence-corrected chi connectivity index (χ0v) is 25.0. The highest BCUT2D eigenvalue weighted by Gasteiger charge is 2.18. The van der Waals surface area contributed by atoms with E-state index in [-0.39, 0.29) is 34.1 Å². The number of aryl methyl sites for hydroxylation is 2. The third kappa shape index (κ3) is 7.92. The van der Waals surface area contributed by atoms with Gasteiger partial charge in [0, 0.05) is 24.2 Å². The Bertz CT molecular complexity index is 1670. The molecule has 0 saturated heterocycles. The molecule has 2 amide bonds. The van der Waals surface area contributed by atoms with E-state index >= 15 is 0 Å². The first-order valence-electron chi connectivity index (χ1n) is 13.3. The molecular weight excluding hydrogens is 572 g/mol. The molecule has 42 heavy (non-hydrogen) atoms. The second kappa shape index (κ2) is 13.1. The predicted molar refractivity (Wildman–Crippen MR) is 165 cm³/mol. The first-order valence-corrected chi connectivity index (χ1v) is 16.6. The maximum Gasteiger partial charge on any atom is 0.225 e. The zero-order valence-electron chi connectivity index (χ0n) is 23.3. The van der Waals surface area contributed by atoms with Crippen molar-refractivity contribution in [1.82, 2.24) is 0 Å². The lowest BCUT2D eigenvalue weighted by atomic mass is 10.00. The van der Waals surface area contributed by atoms with Crippen molar-refractivity contribution in [3.63, 3.8) is 0 Å². The Balaban J connectivity index is 1.35. The van der Waals surface area contributed by atoms with Crippen molar-refractivity contribution in [3.8, 4) is 11.1 Å². The molecule has 10 heteroatoms. The van der Waals surface area contributed by atoms with Gasteiger partial charge in [0.2, 0.25) is 11.8 Å². The topological polar surface area (TPSA) is 126 Å². The summed E-state index contributed by atoms with van der Waals surface area (Å²) in [5.41, 5.74) is 4.58. The zero-order chi connectivity index (χ0) is 30.3. The average molecular weight is 605 g/mol. The number of sulfone groups is 2. The standard InChI is InChI=1S/C32H32N2O6S2/c1-23-21-25(13-15-29(23)33-31(35)17-19-41(37,38)27-9-5-3-6-10-27)26-14-16-30(24(2)22-26)34-32(36)18-20-42(39,40)28-11-7-4-8-12-28/h3-16,21-22H,17-20H2,1-2H3,(H,33,35)(H,34,36). The van der Waals surface area contributed by atoms with Crippen molar-refractivity contribution in [3.05, 3.63) is 108 Å². The Morgan fingerprint density at radius 3 is 1.24 bits per heavy atom. The van der Waals surface area contributed by atoms with E-state index in [1.807, 2.05) is 38.1 Å². The van der Waals surface area contributed by atoms with Crippen molar-refractivity contribution < 1.29 is 26.4 Å². The second-order valence-electron chi connectivity index (χ2n) is 9.92. The number of benzene rings is 4. The summed E-state index contributed by atoms with van der Waals surface area (Å²) in [6, 6.07) is 27.2. The van der Waals surface area contributed by atoms with E-state index in [2.05, 4.69) is 10.6 Å². The predicted octanol–water partition coefficient (Wildman–Crippen LogP) is 5.58. The van der Waals surface area contributed by atoms with E-state index in [0.29, 0.717) is 11.4 Å². The Labute approximate surface area is 246 Å². The second-order valence-corrected chi connectivity index (χ2v) is 14.1. The van der Waals surface area contributed by atoms with Gasteiger partial charge >= 0.3 is 0 Å². The first kappa shape index (κ1) is 30.7. The number of rotatable bonds is 11. The van der Waals surface area contributed by atoms with Gasteiger partial charge < -0.3 is 10.6 Å². The van der Waals surface area contributed by atoms with Crippen LogP contribution >= 0.6 is 0 Å². The number of hydrogen-bond donors (Lipinski definition) is 2. The Morgan fingerprint density at radius 1 is 0.548 bits per heavy atom. The molecule has 0 saturated carbocycles. The van der Waals surface area contributed by atoms with Crippen LogP contribution in [0.15, 0.2) is 107 Å². The van der Waals surface area contributed by atoms with E-state index < -0.39 is 31.5 Å². The Morgan fingerprint density at radius 2 is 0.905 bits per heavy atom. The molecule has 4 rings (SSSR count). The van der Waals surface area contributed by atoms with Gasteiger partial charge in [-0.05, 0) is 84.6 Å². The van der Waals surface area contributed by atoms with E-state index in [4.69, 9.17) is 0 Å². The quantitative estimate of drug-likeness (QED) is 0.230. The number of amides is 2. The minimum absolute atomic E-state index is 0.164. The summed E-state index contributed by atoms with van der Waals surface area (Å²) >= 11 is 0. The van der Waals surface area contributed by atoms with Crippen molar-refractivity contribution >= 4 is 42.9 Å². The van der Waals surface area contributed by atoms with E-state index in [0.717, 1.165) is 22.3 Å². The van der Waals surface area contributed by atoms with Gasteiger partial charge in [0.05, 0.1) is 21.3 Å². The van der Waals surface area contributed by atoms with E-state index in [1.165, 1.54) is 24.3 Å². The van der Waals surface area contributed by atoms with Crippen molar-refractivity contribution in [1.29, 1.82) is 0 Å². The molecule has 0 heterocycles. The summed E-state index contributed by atoms with van der Waals surface area (Å²) < 4.78 is 49.9. The average Bonchev–Trinajstić information content (AvgIpc) is 2.98. The van der Waals surface area contributed by atoms with Crippen LogP contribution in [0.3, 0.4) is 0 Å². The van der Waals surface area contributed by atoms with Crippen LogP contribution in [0.2, 0.25) is 0 Å². The lowest BCUT2D eigenvalue weighted by molar-refractivity contribution is -0.116. The molecule has 0 fully saturated rings. The lowest BCUT2D eigenvalue weighted by Gasteiger charge is -2.13. The number of carbonyl (C=O) groups excluding carboxylic acids is 2. The SMILES string of the molecule is Cc1cc(-c2ccc(NC(=O)CCS(=O)(=O)c3ccccc3)c(C)c2)ccc1NC(=O)CCS(=O)(=O)c1ccccc1. The number of anilines is 2. The Hall–Kier alpha value is -4.28. The molecule has 4 aromatic carbocycles. The van der Waals surface area contributed by atoms with Crippen LogP contribution in [0, 0.1) is 13.8 Å². The lowest BCUT2D eigenvalue weighted by Crippen LogP contribution is -2.18. The van der Waals surface area contributed by atoms with Crippen LogP contribution in [-0.2, 0) is 29.3 Å². The molecule has 0 aliphatic heterocycles. The maximum atomic E-state index is 12.5. The molecule has 0 aliphatic carbocycles. The largest absolute Gasteiger partial charge is 0.326 e. The smallest absolute Gasteiger partial charge is 0.225 e. The summed E-state index contributed by atoms with van der Waals surface area (Å²) in [4.78, 5) is 25.4. The summed E-state index contributed by atoms with van der Waals surface area (Å²) in [7, 11) is -7.10. The van der Waals surface area contributed by atoms with Crippen molar-refractivity contribution in [2.75, 3.05) is 22.1 Å². The molecule has 0 spiro atoms. The molecule has 218 valence electrons. The van der Waals surface area contributed by atoms with Crippen LogP contribution in [0.5, 0.6) is 0 Å². The fraction of sp³-hybridized carbons (Fsp3) is 0.188. The highest BCUT2D eigenvalue weighted by molar-refractivity contribution is 7.91. The normalized spacial score (nSPS) is 11.6. The van der Waals surface area contributed by atoms with E-state index in [9.17, 15) is 26.4 Å². The van der Waals surface area contributed by atoms with Gasteiger partial charge in [0.1, 0.15) is 0 Å². The number of carbonyl (C=O) groups is 2. The molecule has 0 radical (unpaired) electrons. The van der Waals surface area contributed by atoms with Gasteiger partial charge in [0.25, 0.3) is 0 Å². The highest BCUT2D eigenvalue weighted by atomic mass is 32.2. The highest BCUT2D eigenvalue weighted by Crippen LogP contribution is 2.28. The molecule has 0 aliphatic rings. The van der Waals surface area contributed by atoms with Gasteiger partial charge in [-0.3, -0.25) is 9.59 Å². The maximum absolute atomic E-state index is 12.5. The molecule has 8 nitrogen and oxygen atoms in total. The first-order chi connectivity index (χ1) is 19.9. The van der Waals surface area contributed by atoms with Gasteiger partial charge in [-0.2, -0.15) is 0 Å². The third-order valence-electron chi connectivity index (χ3n) is 6.73. The molecule has 0 bridgehead atoms. The molecule has 0 atom stereocenters. The molecule has 0 aromatic heterocycles. The fourth-order valence-electron chi connectivity index (χ4n) is 4.34. The van der Waals surface area contributed by atoms with Crippen LogP contribution in [0.25, 0.3) is 11.1 Å². The Kier molecular flexibility index (Phi) is 9.59. The summed E-state index contributed by atoms with van der Waals surface area (Å²) in [6.07, 6.45) is -0.327. The van der Waals surface area contributed by atoms with Crippen LogP contribution < -0.4 is 10.6 Å². The van der Waals surface area contributed by atoms with Crippen LogP contribution in [0.4, 0.5) is 11.4 Å². The molecule has 2 N–H and O–H groups in total. The van der Waals surface area contributed by atoms with Gasteiger partial charge in [-0.1, -0.05) is 48.5 Å². The van der Waals surface area contributed by atoms with Crippen LogP contribution in [-0.4, -0.2) is 40.2 Å². The van der Waals surface area contributed by atoms with Crippen molar-refractivity contribution in [2.45, 2.75) is 36.5 Å². The summed E-state index contributed by atoms with van der Waals surface area (Å²) in [5.74, 6) is -1.36. The number of nitrogens with one attached hydrogen (secondary N) is 2.